The van der Waals surface area contributed by atoms with Crippen LogP contribution in [0.1, 0.15) is 28.5 Å². The second-order valence-corrected chi connectivity index (χ2v) is 7.48. The number of nitrogens with zero attached hydrogens (tertiary/aromatic N) is 3. The van der Waals surface area contributed by atoms with Crippen LogP contribution in [0.4, 0.5) is 0 Å². The lowest BCUT2D eigenvalue weighted by atomic mass is 10.2. The highest BCUT2D eigenvalue weighted by atomic mass is 32.1. The molecule has 0 aliphatic carbocycles. The molecular formula is C22H19N3O2S. The van der Waals surface area contributed by atoms with Crippen LogP contribution in [0.2, 0.25) is 0 Å². The van der Waals surface area contributed by atoms with E-state index in [4.69, 9.17) is 4.98 Å². The molecule has 2 aromatic carbocycles. The van der Waals surface area contributed by atoms with E-state index in [1.807, 2.05) is 66.9 Å². The van der Waals surface area contributed by atoms with Crippen LogP contribution in [0.15, 0.2) is 76.9 Å². The number of carbonyl (C=O) groups excluding carboxylic acids is 1. The second kappa shape index (κ2) is 7.40. The van der Waals surface area contributed by atoms with Crippen molar-refractivity contribution in [3.63, 3.8) is 0 Å². The van der Waals surface area contributed by atoms with E-state index in [1.165, 1.54) is 11.3 Å². The molecular weight excluding hydrogens is 370 g/mol. The molecule has 0 saturated heterocycles. The quantitative estimate of drug-likeness (QED) is 0.523. The molecule has 0 fully saturated rings. The van der Waals surface area contributed by atoms with Crippen molar-refractivity contribution < 1.29 is 4.79 Å². The fourth-order valence-electron chi connectivity index (χ4n) is 3.18. The minimum absolute atomic E-state index is 0.0930. The zero-order valence-corrected chi connectivity index (χ0v) is 16.4. The lowest BCUT2D eigenvalue weighted by Crippen LogP contribution is -2.34. The van der Waals surface area contributed by atoms with Crippen molar-refractivity contribution in [1.29, 1.82) is 0 Å². The molecule has 140 valence electrons. The second-order valence-electron chi connectivity index (χ2n) is 6.53. The van der Waals surface area contributed by atoms with E-state index in [0.717, 1.165) is 5.69 Å². The monoisotopic (exact) mass is 389 g/mol. The standard InChI is InChI=1S/C22H19N3O2S/c1-15(24(2)22(27)19-13-8-14-28-19)20-23-18-12-7-6-11-17(18)21(26)25(20)16-9-4-3-5-10-16/h3-15H,1-2H3. The first-order chi connectivity index (χ1) is 13.6. The van der Waals surface area contributed by atoms with Crippen LogP contribution in [0, 0.1) is 0 Å². The summed E-state index contributed by atoms with van der Waals surface area (Å²) in [5.74, 6) is 0.437. The summed E-state index contributed by atoms with van der Waals surface area (Å²) in [6.07, 6.45) is 0. The predicted molar refractivity (Wildman–Crippen MR) is 112 cm³/mol. The number of para-hydroxylation sites is 2. The van der Waals surface area contributed by atoms with Crippen molar-refractivity contribution in [2.24, 2.45) is 0 Å². The van der Waals surface area contributed by atoms with Gasteiger partial charge < -0.3 is 4.90 Å². The number of aromatic nitrogens is 2. The summed E-state index contributed by atoms with van der Waals surface area (Å²) in [6.45, 7) is 1.89. The molecule has 5 nitrogen and oxygen atoms in total. The molecule has 4 aromatic rings. The first-order valence-corrected chi connectivity index (χ1v) is 9.83. The van der Waals surface area contributed by atoms with Crippen LogP contribution < -0.4 is 5.56 Å². The van der Waals surface area contributed by atoms with E-state index in [1.54, 1.807) is 28.6 Å². The molecule has 28 heavy (non-hydrogen) atoms. The van der Waals surface area contributed by atoms with Gasteiger partial charge in [-0.15, -0.1) is 11.3 Å². The van der Waals surface area contributed by atoms with Gasteiger partial charge in [0, 0.05) is 7.05 Å². The van der Waals surface area contributed by atoms with Crippen LogP contribution in [0.3, 0.4) is 0 Å². The number of fused-ring (bicyclic) bond motifs is 1. The summed E-state index contributed by atoms with van der Waals surface area (Å²) in [4.78, 5) is 33.2. The van der Waals surface area contributed by atoms with Crippen LogP contribution in [0.25, 0.3) is 16.6 Å². The Morgan fingerprint density at radius 3 is 2.46 bits per heavy atom. The number of hydrogen-bond donors (Lipinski definition) is 0. The summed E-state index contributed by atoms with van der Waals surface area (Å²) in [6, 6.07) is 19.9. The van der Waals surface area contributed by atoms with Gasteiger partial charge in [-0.1, -0.05) is 36.4 Å². The van der Waals surface area contributed by atoms with E-state index in [9.17, 15) is 9.59 Å². The first-order valence-electron chi connectivity index (χ1n) is 8.95. The van der Waals surface area contributed by atoms with Crippen molar-refractivity contribution in [2.75, 3.05) is 7.05 Å². The zero-order valence-electron chi connectivity index (χ0n) is 15.6. The minimum Gasteiger partial charge on any atom is -0.331 e. The van der Waals surface area contributed by atoms with Crippen LogP contribution >= 0.6 is 11.3 Å². The average molecular weight is 389 g/mol. The number of thiophene rings is 1. The van der Waals surface area contributed by atoms with Crippen molar-refractivity contribution >= 4 is 28.1 Å². The molecule has 1 unspecified atom stereocenters. The molecule has 0 aliphatic rings. The fraction of sp³-hybridized carbons (Fsp3) is 0.136. The van der Waals surface area contributed by atoms with E-state index in [-0.39, 0.29) is 11.5 Å². The van der Waals surface area contributed by atoms with Gasteiger partial charge in [-0.25, -0.2) is 4.98 Å². The van der Waals surface area contributed by atoms with Crippen molar-refractivity contribution in [3.8, 4) is 5.69 Å². The SMILES string of the molecule is CC(c1nc2ccccc2c(=O)n1-c1ccccc1)N(C)C(=O)c1cccs1. The number of benzene rings is 2. The van der Waals surface area contributed by atoms with Gasteiger partial charge in [-0.2, -0.15) is 0 Å². The summed E-state index contributed by atoms with van der Waals surface area (Å²) >= 11 is 1.40. The van der Waals surface area contributed by atoms with E-state index in [2.05, 4.69) is 0 Å². The Morgan fingerprint density at radius 1 is 1.04 bits per heavy atom. The molecule has 0 saturated carbocycles. The fourth-order valence-corrected chi connectivity index (χ4v) is 3.89. The highest BCUT2D eigenvalue weighted by Gasteiger charge is 2.25. The molecule has 1 atom stereocenters. The summed E-state index contributed by atoms with van der Waals surface area (Å²) in [5.41, 5.74) is 1.21. The van der Waals surface area contributed by atoms with E-state index >= 15 is 0 Å². The van der Waals surface area contributed by atoms with E-state index in [0.29, 0.717) is 21.6 Å². The number of hydrogen-bond acceptors (Lipinski definition) is 4. The molecule has 6 heteroatoms. The van der Waals surface area contributed by atoms with Gasteiger partial charge in [0.2, 0.25) is 0 Å². The van der Waals surface area contributed by atoms with Crippen LogP contribution in [0.5, 0.6) is 0 Å². The smallest absolute Gasteiger partial charge is 0.266 e. The lowest BCUT2D eigenvalue weighted by molar-refractivity contribution is 0.0740. The van der Waals surface area contributed by atoms with Crippen molar-refractivity contribution in [1.82, 2.24) is 14.5 Å². The highest BCUT2D eigenvalue weighted by Crippen LogP contribution is 2.24. The van der Waals surface area contributed by atoms with Gasteiger partial charge in [-0.3, -0.25) is 14.2 Å². The van der Waals surface area contributed by atoms with Gasteiger partial charge in [0.1, 0.15) is 5.82 Å². The molecule has 0 N–H and O–H groups in total. The highest BCUT2D eigenvalue weighted by molar-refractivity contribution is 7.12. The largest absolute Gasteiger partial charge is 0.331 e. The summed E-state index contributed by atoms with van der Waals surface area (Å²) in [7, 11) is 1.74. The Hall–Kier alpha value is -3.25. The Labute approximate surface area is 166 Å². The Morgan fingerprint density at radius 2 is 1.75 bits per heavy atom. The Balaban J connectivity index is 1.90. The number of rotatable bonds is 4. The maximum absolute atomic E-state index is 13.3. The number of carbonyl (C=O) groups is 1. The average Bonchev–Trinajstić information content (AvgIpc) is 3.27. The number of amides is 1. The molecule has 2 heterocycles. The Kier molecular flexibility index (Phi) is 4.79. The first kappa shape index (κ1) is 18.1. The third-order valence-corrected chi connectivity index (χ3v) is 5.68. The third kappa shape index (κ3) is 3.12. The van der Waals surface area contributed by atoms with Gasteiger partial charge in [-0.05, 0) is 42.6 Å². The molecule has 0 radical (unpaired) electrons. The molecule has 4 rings (SSSR count). The maximum atomic E-state index is 13.3. The van der Waals surface area contributed by atoms with Gasteiger partial charge in [0.25, 0.3) is 11.5 Å². The van der Waals surface area contributed by atoms with Crippen molar-refractivity contribution in [2.45, 2.75) is 13.0 Å². The minimum atomic E-state index is -0.396. The molecule has 0 aliphatic heterocycles. The zero-order chi connectivity index (χ0) is 19.7. The van der Waals surface area contributed by atoms with Gasteiger partial charge >= 0.3 is 0 Å². The van der Waals surface area contributed by atoms with Gasteiger partial charge in [0.05, 0.1) is 27.5 Å². The third-order valence-electron chi connectivity index (χ3n) is 4.82. The normalized spacial score (nSPS) is 12.1. The maximum Gasteiger partial charge on any atom is 0.266 e. The Bertz CT molecular complexity index is 1180. The summed E-state index contributed by atoms with van der Waals surface area (Å²) < 4.78 is 1.60. The lowest BCUT2D eigenvalue weighted by Gasteiger charge is -2.26. The predicted octanol–water partition coefficient (Wildman–Crippen LogP) is 4.28. The molecule has 0 bridgehead atoms. The molecule has 1 amide bonds. The molecule has 0 spiro atoms. The van der Waals surface area contributed by atoms with Crippen molar-refractivity contribution in [3.05, 3.63) is 93.2 Å². The van der Waals surface area contributed by atoms with Crippen LogP contribution in [-0.4, -0.2) is 27.4 Å². The topological polar surface area (TPSA) is 55.2 Å². The molecule has 2 aromatic heterocycles. The van der Waals surface area contributed by atoms with E-state index < -0.39 is 6.04 Å². The van der Waals surface area contributed by atoms with Gasteiger partial charge in [0.15, 0.2) is 0 Å². The summed E-state index contributed by atoms with van der Waals surface area (Å²) in [5, 5.41) is 2.43. The van der Waals surface area contributed by atoms with Crippen LogP contribution in [-0.2, 0) is 0 Å².